The summed E-state index contributed by atoms with van der Waals surface area (Å²) in [5.74, 6) is -1.82. The second-order valence-electron chi connectivity index (χ2n) is 10.9. The van der Waals surface area contributed by atoms with Crippen LogP contribution in [0.5, 0.6) is 5.75 Å². The van der Waals surface area contributed by atoms with Crippen molar-refractivity contribution in [1.82, 2.24) is 4.90 Å². The molecule has 6 nitrogen and oxygen atoms in total. The molecule has 3 aliphatic rings. The van der Waals surface area contributed by atoms with Gasteiger partial charge in [0.05, 0.1) is 29.2 Å². The van der Waals surface area contributed by atoms with Crippen molar-refractivity contribution in [1.29, 1.82) is 0 Å². The second-order valence-corrected chi connectivity index (χ2v) is 11.7. The summed E-state index contributed by atoms with van der Waals surface area (Å²) in [5, 5.41) is 3.62. The predicted molar refractivity (Wildman–Crippen MR) is 167 cm³/mol. The summed E-state index contributed by atoms with van der Waals surface area (Å²) in [5.41, 5.74) is 2.14. The van der Waals surface area contributed by atoms with Crippen LogP contribution in [0.2, 0.25) is 10.0 Å². The number of benzene rings is 4. The number of rotatable bonds is 6. The molecule has 0 radical (unpaired) electrons. The van der Waals surface area contributed by atoms with Gasteiger partial charge in [0.15, 0.2) is 11.6 Å². The number of anilines is 1. The van der Waals surface area contributed by atoms with Crippen molar-refractivity contribution >= 4 is 52.4 Å². The Balaban J connectivity index is 1.55. The van der Waals surface area contributed by atoms with Gasteiger partial charge < -0.3 is 15.0 Å². The van der Waals surface area contributed by atoms with Crippen LogP contribution < -0.4 is 10.1 Å². The standard InChI is InChI=1S/C35H26Cl2N2O4/c1-2-43-28-14-8-5-11-24(28)31(40)29-30(32(41)23-16-15-21(36)19-26(23)37)39-18-17-20-9-3-4-10-22(20)33(39)35(29)25-12-6-7-13-27(25)38-34(35)42/h3-19,29-30,33H,2H2,1H3,(H,38,42). The van der Waals surface area contributed by atoms with Gasteiger partial charge in [0.2, 0.25) is 5.91 Å². The lowest BCUT2D eigenvalue weighted by atomic mass is 9.62. The molecular formula is C35H26Cl2N2O4. The van der Waals surface area contributed by atoms with Crippen molar-refractivity contribution in [2.24, 2.45) is 5.92 Å². The Morgan fingerprint density at radius 2 is 1.65 bits per heavy atom. The summed E-state index contributed by atoms with van der Waals surface area (Å²) in [6, 6.07) is 25.1. The molecule has 0 aliphatic carbocycles. The first-order chi connectivity index (χ1) is 20.9. The lowest BCUT2D eigenvalue weighted by molar-refractivity contribution is -0.122. The van der Waals surface area contributed by atoms with E-state index in [0.717, 1.165) is 11.1 Å². The van der Waals surface area contributed by atoms with Crippen LogP contribution in [0.25, 0.3) is 6.08 Å². The van der Waals surface area contributed by atoms with Gasteiger partial charge >= 0.3 is 0 Å². The van der Waals surface area contributed by atoms with Gasteiger partial charge in [0.25, 0.3) is 0 Å². The summed E-state index contributed by atoms with van der Waals surface area (Å²) in [6.45, 7) is 2.19. The van der Waals surface area contributed by atoms with Crippen molar-refractivity contribution in [3.8, 4) is 5.75 Å². The van der Waals surface area contributed by atoms with Crippen LogP contribution in [0.3, 0.4) is 0 Å². The average molecular weight is 610 g/mol. The third-order valence-corrected chi connectivity index (χ3v) is 9.32. The van der Waals surface area contributed by atoms with Crippen LogP contribution in [-0.4, -0.2) is 35.0 Å². The molecule has 7 rings (SSSR count). The number of nitrogens with zero attached hydrogens (tertiary/aromatic N) is 1. The maximum Gasteiger partial charge on any atom is 0.238 e. The van der Waals surface area contributed by atoms with E-state index in [1.54, 1.807) is 36.4 Å². The molecule has 0 bridgehead atoms. The van der Waals surface area contributed by atoms with Crippen LogP contribution in [0.15, 0.2) is 97.2 Å². The molecule has 4 atom stereocenters. The second kappa shape index (κ2) is 10.4. The van der Waals surface area contributed by atoms with Gasteiger partial charge in [-0.05, 0) is 66.1 Å². The normalized spacial score (nSPS) is 23.0. The summed E-state index contributed by atoms with van der Waals surface area (Å²) in [7, 11) is 0. The van der Waals surface area contributed by atoms with Crippen LogP contribution in [0, 0.1) is 5.92 Å². The number of para-hydroxylation sites is 2. The first-order valence-corrected chi connectivity index (χ1v) is 14.8. The first kappa shape index (κ1) is 27.4. The molecule has 8 heteroatoms. The summed E-state index contributed by atoms with van der Waals surface area (Å²) in [6.07, 6.45) is 3.75. The Bertz CT molecular complexity index is 1850. The minimum atomic E-state index is -1.45. The SMILES string of the molecule is CCOc1ccccc1C(=O)C1C(C(=O)c2ccc(Cl)cc2Cl)N2C=Cc3ccccc3C2C12C(=O)Nc1ccccc12. The number of amides is 1. The predicted octanol–water partition coefficient (Wildman–Crippen LogP) is 7.37. The van der Waals surface area contributed by atoms with Crippen LogP contribution >= 0.6 is 23.2 Å². The van der Waals surface area contributed by atoms with E-state index in [0.29, 0.717) is 34.2 Å². The molecule has 0 aromatic heterocycles. The molecule has 0 saturated carbocycles. The molecule has 4 aromatic rings. The smallest absolute Gasteiger partial charge is 0.238 e. The fourth-order valence-corrected chi connectivity index (χ4v) is 7.64. The van der Waals surface area contributed by atoms with E-state index >= 15 is 4.79 Å². The maximum absolute atomic E-state index is 15.1. The Morgan fingerprint density at radius 1 is 0.907 bits per heavy atom. The van der Waals surface area contributed by atoms with E-state index in [2.05, 4.69) is 5.32 Å². The highest BCUT2D eigenvalue weighted by molar-refractivity contribution is 6.37. The van der Waals surface area contributed by atoms with Crippen molar-refractivity contribution in [2.75, 3.05) is 11.9 Å². The van der Waals surface area contributed by atoms with E-state index < -0.39 is 23.4 Å². The largest absolute Gasteiger partial charge is 0.493 e. The van der Waals surface area contributed by atoms with E-state index in [1.165, 1.54) is 6.07 Å². The number of hydrogen-bond donors (Lipinski definition) is 1. The fraction of sp³-hybridized carbons (Fsp3) is 0.171. The number of halogens is 2. The average Bonchev–Trinajstić information content (AvgIpc) is 3.49. The van der Waals surface area contributed by atoms with Gasteiger partial charge in [-0.2, -0.15) is 0 Å². The van der Waals surface area contributed by atoms with Gasteiger partial charge in [-0.25, -0.2) is 0 Å². The minimum absolute atomic E-state index is 0.175. The quantitative estimate of drug-likeness (QED) is 0.231. The Labute approximate surface area is 258 Å². The lowest BCUT2D eigenvalue weighted by Crippen LogP contribution is -2.49. The number of carbonyl (C=O) groups is 3. The van der Waals surface area contributed by atoms with E-state index in [9.17, 15) is 9.59 Å². The zero-order valence-electron chi connectivity index (χ0n) is 23.1. The topological polar surface area (TPSA) is 75.7 Å². The highest BCUT2D eigenvalue weighted by Crippen LogP contribution is 2.62. The third kappa shape index (κ3) is 3.97. The summed E-state index contributed by atoms with van der Waals surface area (Å²) >= 11 is 12.8. The van der Waals surface area contributed by atoms with Gasteiger partial charge in [0, 0.05) is 22.5 Å². The third-order valence-electron chi connectivity index (χ3n) is 8.77. The number of carbonyl (C=O) groups excluding carboxylic acids is 3. The molecule has 1 saturated heterocycles. The van der Waals surface area contributed by atoms with E-state index in [-0.39, 0.29) is 28.1 Å². The molecule has 1 amide bonds. The summed E-state index contributed by atoms with van der Waals surface area (Å²) in [4.78, 5) is 46.3. The molecule has 1 spiro atoms. The maximum atomic E-state index is 15.1. The van der Waals surface area contributed by atoms with Crippen LogP contribution in [-0.2, 0) is 10.2 Å². The van der Waals surface area contributed by atoms with Crippen molar-refractivity contribution in [3.05, 3.63) is 135 Å². The summed E-state index contributed by atoms with van der Waals surface area (Å²) < 4.78 is 5.88. The van der Waals surface area contributed by atoms with E-state index in [4.69, 9.17) is 27.9 Å². The molecule has 3 aliphatic heterocycles. The van der Waals surface area contributed by atoms with Crippen molar-refractivity contribution in [3.63, 3.8) is 0 Å². The Kier molecular flexibility index (Phi) is 6.64. The fourth-order valence-electron chi connectivity index (χ4n) is 7.14. The zero-order valence-corrected chi connectivity index (χ0v) is 24.6. The monoisotopic (exact) mass is 608 g/mol. The Hall–Kier alpha value is -4.39. The Morgan fingerprint density at radius 3 is 2.47 bits per heavy atom. The lowest BCUT2D eigenvalue weighted by Gasteiger charge is -2.38. The number of nitrogens with one attached hydrogen (secondary N) is 1. The molecule has 4 aromatic carbocycles. The molecular weight excluding hydrogens is 583 g/mol. The molecule has 43 heavy (non-hydrogen) atoms. The van der Waals surface area contributed by atoms with Crippen LogP contribution in [0.4, 0.5) is 5.69 Å². The van der Waals surface area contributed by atoms with Gasteiger partial charge in [-0.3, -0.25) is 14.4 Å². The molecule has 3 heterocycles. The molecule has 4 unspecified atom stereocenters. The van der Waals surface area contributed by atoms with Crippen molar-refractivity contribution < 1.29 is 19.1 Å². The number of fused-ring (bicyclic) bond motifs is 6. The minimum Gasteiger partial charge on any atom is -0.493 e. The number of ketones is 2. The molecule has 1 N–H and O–H groups in total. The molecule has 1 fully saturated rings. The van der Waals surface area contributed by atoms with Crippen LogP contribution in [0.1, 0.15) is 50.4 Å². The van der Waals surface area contributed by atoms with Gasteiger partial charge in [0.1, 0.15) is 17.2 Å². The highest BCUT2D eigenvalue weighted by atomic mass is 35.5. The number of hydrogen-bond acceptors (Lipinski definition) is 5. The number of ether oxygens (including phenoxy) is 1. The van der Waals surface area contributed by atoms with Crippen molar-refractivity contribution in [2.45, 2.75) is 24.4 Å². The molecule has 214 valence electrons. The van der Waals surface area contributed by atoms with E-state index in [1.807, 2.05) is 72.6 Å². The van der Waals surface area contributed by atoms with Gasteiger partial charge in [-0.1, -0.05) is 77.8 Å². The first-order valence-electron chi connectivity index (χ1n) is 14.1. The highest BCUT2D eigenvalue weighted by Gasteiger charge is 2.71. The zero-order chi connectivity index (χ0) is 29.9. The number of Topliss-reactive ketones (excluding diaryl/α,β-unsaturated/α-hetero) is 2. The van der Waals surface area contributed by atoms with Gasteiger partial charge in [-0.15, -0.1) is 0 Å².